The topological polar surface area (TPSA) is 31.6 Å². The van der Waals surface area contributed by atoms with E-state index in [2.05, 4.69) is 50.8 Å². The van der Waals surface area contributed by atoms with E-state index < -0.39 is 6.10 Å². The number of hydrogen-bond donors (Lipinski definition) is 1. The monoisotopic (exact) mass is 493 g/mol. The second-order valence-corrected chi connectivity index (χ2v) is 9.87. The summed E-state index contributed by atoms with van der Waals surface area (Å²) in [4.78, 5) is 4.85. The van der Waals surface area contributed by atoms with Crippen molar-refractivity contribution in [2.45, 2.75) is 19.2 Å². The van der Waals surface area contributed by atoms with Crippen molar-refractivity contribution in [3.63, 3.8) is 0 Å². The number of nitrogens with zero attached hydrogens (tertiary/aromatic N) is 3. The third-order valence-electron chi connectivity index (χ3n) is 6.68. The van der Waals surface area contributed by atoms with Gasteiger partial charge in [-0.1, -0.05) is 65.7 Å². The number of piperazine rings is 1. The highest BCUT2D eigenvalue weighted by Crippen LogP contribution is 2.37. The lowest BCUT2D eigenvalue weighted by Crippen LogP contribution is -2.51. The van der Waals surface area contributed by atoms with Gasteiger partial charge in [0.1, 0.15) is 6.17 Å². The predicted molar refractivity (Wildman–Crippen MR) is 144 cm³/mol. The maximum Gasteiger partial charge on any atom is 0.113 e. The summed E-state index contributed by atoms with van der Waals surface area (Å²) in [5.41, 5.74) is 3.34. The van der Waals surface area contributed by atoms with Crippen molar-refractivity contribution in [1.82, 2.24) is 14.4 Å². The molecule has 0 radical (unpaired) electrons. The molecule has 1 saturated heterocycles. The normalized spacial score (nSPS) is 17.6. The Hall–Kier alpha value is -2.34. The Morgan fingerprint density at radius 3 is 2.00 bits per heavy atom. The molecule has 1 aromatic heterocycles. The van der Waals surface area contributed by atoms with Crippen LogP contribution in [0, 0.1) is 0 Å². The van der Waals surface area contributed by atoms with Crippen molar-refractivity contribution in [2.75, 3.05) is 32.7 Å². The van der Waals surface area contributed by atoms with Crippen LogP contribution in [0.25, 0.3) is 27.9 Å². The number of aliphatic hydroxyl groups excluding tert-OH is 1. The Morgan fingerprint density at radius 1 is 0.853 bits per heavy atom. The number of aliphatic hydroxyl groups is 1. The van der Waals surface area contributed by atoms with Gasteiger partial charge in [0.2, 0.25) is 0 Å². The fourth-order valence-corrected chi connectivity index (χ4v) is 5.42. The number of benzene rings is 3. The minimum Gasteiger partial charge on any atom is -0.390 e. The molecule has 1 N–H and O–H groups in total. The molecule has 0 saturated carbocycles. The van der Waals surface area contributed by atoms with Gasteiger partial charge in [0.05, 0.1) is 17.1 Å². The number of hydrogen-bond acceptors (Lipinski definition) is 3. The lowest BCUT2D eigenvalue weighted by atomic mass is 10.1. The molecular weight excluding hydrogens is 465 g/mol. The van der Waals surface area contributed by atoms with Gasteiger partial charge in [0, 0.05) is 53.5 Å². The Morgan fingerprint density at radius 2 is 1.44 bits per heavy atom. The third kappa shape index (κ3) is 4.74. The van der Waals surface area contributed by atoms with Crippen molar-refractivity contribution in [3.8, 4) is 0 Å². The van der Waals surface area contributed by atoms with Crippen molar-refractivity contribution in [3.05, 3.63) is 88.4 Å². The fourth-order valence-electron chi connectivity index (χ4n) is 5.08. The summed E-state index contributed by atoms with van der Waals surface area (Å²) in [6.45, 7) is 6.49. The average Bonchev–Trinajstić information content (AvgIpc) is 3.13. The molecule has 2 heterocycles. The van der Waals surface area contributed by atoms with Crippen molar-refractivity contribution >= 4 is 51.1 Å². The summed E-state index contributed by atoms with van der Waals surface area (Å²) in [6.07, 6.45) is 3.69. The first-order chi connectivity index (χ1) is 16.5. The SMILES string of the molecule is CC(O)C(N1CCN(C/C=C/c2ccccc2)CC1)n1c2ccc(Cl)cc2c2cc(Cl)ccc21. The van der Waals surface area contributed by atoms with E-state index in [1.165, 1.54) is 5.56 Å². The molecule has 0 bridgehead atoms. The number of fused-ring (bicyclic) bond motifs is 3. The molecule has 3 aromatic carbocycles. The summed E-state index contributed by atoms with van der Waals surface area (Å²) in [5, 5.41) is 14.5. The van der Waals surface area contributed by atoms with Crippen LogP contribution in [0.5, 0.6) is 0 Å². The molecule has 1 aliphatic heterocycles. The first kappa shape index (κ1) is 23.4. The van der Waals surface area contributed by atoms with Crippen LogP contribution in [0.3, 0.4) is 0 Å². The van der Waals surface area contributed by atoms with E-state index >= 15 is 0 Å². The van der Waals surface area contributed by atoms with Gasteiger partial charge >= 0.3 is 0 Å². The summed E-state index contributed by atoms with van der Waals surface area (Å²) in [7, 11) is 0. The molecule has 0 spiro atoms. The summed E-state index contributed by atoms with van der Waals surface area (Å²) < 4.78 is 2.26. The molecular formula is C28H29Cl2N3O. The molecule has 1 aliphatic rings. The first-order valence-electron chi connectivity index (χ1n) is 11.8. The van der Waals surface area contributed by atoms with Crippen LogP contribution in [0.1, 0.15) is 18.7 Å². The highest BCUT2D eigenvalue weighted by molar-refractivity contribution is 6.33. The van der Waals surface area contributed by atoms with Crippen LogP contribution >= 0.6 is 23.2 Å². The zero-order chi connectivity index (χ0) is 23.7. The van der Waals surface area contributed by atoms with E-state index in [1.54, 1.807) is 0 Å². The quantitative estimate of drug-likeness (QED) is 0.341. The summed E-state index contributed by atoms with van der Waals surface area (Å²) in [5.74, 6) is 0. The lowest BCUT2D eigenvalue weighted by molar-refractivity contribution is -0.00345. The van der Waals surface area contributed by atoms with Gasteiger partial charge in [0.25, 0.3) is 0 Å². The lowest BCUT2D eigenvalue weighted by Gasteiger charge is -2.41. The fraction of sp³-hybridized carbons (Fsp3) is 0.286. The minimum absolute atomic E-state index is 0.177. The molecule has 2 atom stereocenters. The van der Waals surface area contributed by atoms with E-state index in [1.807, 2.05) is 49.4 Å². The summed E-state index contributed by atoms with van der Waals surface area (Å²) in [6, 6.07) is 22.3. The van der Waals surface area contributed by atoms with Crippen LogP contribution in [0.4, 0.5) is 0 Å². The largest absolute Gasteiger partial charge is 0.390 e. The summed E-state index contributed by atoms with van der Waals surface area (Å²) >= 11 is 12.7. The Balaban J connectivity index is 1.39. The van der Waals surface area contributed by atoms with E-state index in [0.717, 1.165) is 54.5 Å². The zero-order valence-electron chi connectivity index (χ0n) is 19.2. The number of rotatable bonds is 6. The second kappa shape index (κ2) is 10.1. The molecule has 0 aliphatic carbocycles. The van der Waals surface area contributed by atoms with Crippen LogP contribution < -0.4 is 0 Å². The average molecular weight is 494 g/mol. The zero-order valence-corrected chi connectivity index (χ0v) is 20.8. The van der Waals surface area contributed by atoms with Crippen molar-refractivity contribution < 1.29 is 5.11 Å². The molecule has 5 rings (SSSR count). The van der Waals surface area contributed by atoms with Crippen LogP contribution in [0.15, 0.2) is 72.8 Å². The van der Waals surface area contributed by atoms with E-state index in [-0.39, 0.29) is 6.17 Å². The van der Waals surface area contributed by atoms with E-state index in [9.17, 15) is 5.11 Å². The molecule has 4 aromatic rings. The number of aromatic nitrogens is 1. The highest BCUT2D eigenvalue weighted by Gasteiger charge is 2.30. The first-order valence-corrected chi connectivity index (χ1v) is 12.5. The van der Waals surface area contributed by atoms with Gasteiger partial charge in [-0.25, -0.2) is 0 Å². The van der Waals surface area contributed by atoms with Crippen molar-refractivity contribution in [2.24, 2.45) is 0 Å². The Bertz CT molecular complexity index is 1250. The number of halogens is 2. The maximum absolute atomic E-state index is 11.0. The smallest absolute Gasteiger partial charge is 0.113 e. The van der Waals surface area contributed by atoms with Gasteiger partial charge in [0.15, 0.2) is 0 Å². The standard InChI is InChI=1S/C28H29Cl2N3O/c1-20(34)28(32-16-14-31(15-17-32)13-5-8-21-6-3-2-4-7-21)33-26-11-9-22(29)18-24(26)25-19-23(30)10-12-27(25)33/h2-12,18-20,28,34H,13-17H2,1H3/b8-5+. The molecule has 34 heavy (non-hydrogen) atoms. The van der Waals surface area contributed by atoms with Crippen LogP contribution in [-0.2, 0) is 0 Å². The molecule has 176 valence electrons. The van der Waals surface area contributed by atoms with Crippen LogP contribution in [-0.4, -0.2) is 58.3 Å². The molecule has 1 fully saturated rings. The highest BCUT2D eigenvalue weighted by atomic mass is 35.5. The molecule has 2 unspecified atom stereocenters. The maximum atomic E-state index is 11.0. The second-order valence-electron chi connectivity index (χ2n) is 9.00. The Labute approximate surface area is 210 Å². The Kier molecular flexibility index (Phi) is 6.96. The van der Waals surface area contributed by atoms with Crippen LogP contribution in [0.2, 0.25) is 10.0 Å². The predicted octanol–water partition coefficient (Wildman–Crippen LogP) is 6.31. The third-order valence-corrected chi connectivity index (χ3v) is 7.15. The molecule has 0 amide bonds. The van der Waals surface area contributed by atoms with E-state index in [4.69, 9.17) is 23.2 Å². The van der Waals surface area contributed by atoms with Gasteiger partial charge in [-0.05, 0) is 48.9 Å². The minimum atomic E-state index is -0.547. The van der Waals surface area contributed by atoms with E-state index in [0.29, 0.717) is 10.0 Å². The van der Waals surface area contributed by atoms with Crippen molar-refractivity contribution in [1.29, 1.82) is 0 Å². The molecule has 4 nitrogen and oxygen atoms in total. The van der Waals surface area contributed by atoms with Gasteiger partial charge in [-0.2, -0.15) is 0 Å². The van der Waals surface area contributed by atoms with Gasteiger partial charge < -0.3 is 9.67 Å². The van der Waals surface area contributed by atoms with Gasteiger partial charge in [-0.15, -0.1) is 0 Å². The molecule has 6 heteroatoms. The van der Waals surface area contributed by atoms with Gasteiger partial charge in [-0.3, -0.25) is 9.80 Å².